The molecule has 16 heavy (non-hydrogen) atoms. The second-order valence-corrected chi connectivity index (χ2v) is 4.60. The highest BCUT2D eigenvalue weighted by molar-refractivity contribution is 5.76. The van der Waals surface area contributed by atoms with Crippen LogP contribution in [0.25, 0.3) is 0 Å². The number of amides is 1. The van der Waals surface area contributed by atoms with E-state index in [-0.39, 0.29) is 11.9 Å². The summed E-state index contributed by atoms with van der Waals surface area (Å²) >= 11 is 0. The van der Waals surface area contributed by atoms with E-state index in [4.69, 9.17) is 5.73 Å². The Morgan fingerprint density at radius 3 is 2.44 bits per heavy atom. The van der Waals surface area contributed by atoms with Crippen molar-refractivity contribution in [1.29, 1.82) is 0 Å². The lowest BCUT2D eigenvalue weighted by Gasteiger charge is -2.24. The molecular weight excluding hydrogens is 200 g/mol. The molecule has 0 aromatic rings. The minimum Gasteiger partial charge on any atom is -0.343 e. The monoisotopic (exact) mass is 228 g/mol. The first-order valence-electron chi connectivity index (χ1n) is 6.59. The minimum absolute atomic E-state index is 0.262. The Morgan fingerprint density at radius 1 is 1.25 bits per heavy atom. The highest BCUT2D eigenvalue weighted by Gasteiger charge is 2.13. The van der Waals surface area contributed by atoms with Crippen LogP contribution in [0.2, 0.25) is 0 Å². The summed E-state index contributed by atoms with van der Waals surface area (Å²) in [6.45, 7) is 4.91. The zero-order chi connectivity index (χ0) is 12.4. The third-order valence-corrected chi connectivity index (χ3v) is 3.13. The zero-order valence-corrected chi connectivity index (χ0v) is 11.2. The Morgan fingerprint density at radius 2 is 1.88 bits per heavy atom. The summed E-state index contributed by atoms with van der Waals surface area (Å²) in [5.74, 6) is 0.262. The number of nitrogens with zero attached hydrogens (tertiary/aromatic N) is 1. The van der Waals surface area contributed by atoms with E-state index < -0.39 is 0 Å². The molecule has 1 amide bonds. The molecule has 0 aromatic carbocycles. The SMILES string of the molecule is CCCCCCCC(=O)N(C)C(C)CCN. The maximum Gasteiger partial charge on any atom is 0.222 e. The van der Waals surface area contributed by atoms with E-state index in [1.165, 1.54) is 25.7 Å². The van der Waals surface area contributed by atoms with Gasteiger partial charge in [-0.2, -0.15) is 0 Å². The Hall–Kier alpha value is -0.570. The second-order valence-electron chi connectivity index (χ2n) is 4.60. The van der Waals surface area contributed by atoms with Crippen LogP contribution >= 0.6 is 0 Å². The third kappa shape index (κ3) is 6.83. The lowest BCUT2D eigenvalue weighted by atomic mass is 10.1. The first-order chi connectivity index (χ1) is 7.63. The fourth-order valence-electron chi connectivity index (χ4n) is 1.74. The summed E-state index contributed by atoms with van der Waals surface area (Å²) in [4.78, 5) is 13.6. The summed E-state index contributed by atoms with van der Waals surface area (Å²) < 4.78 is 0. The number of unbranched alkanes of at least 4 members (excludes halogenated alkanes) is 4. The molecule has 0 radical (unpaired) electrons. The lowest BCUT2D eigenvalue weighted by molar-refractivity contribution is -0.131. The van der Waals surface area contributed by atoms with Crippen LogP contribution in [0.1, 0.15) is 58.8 Å². The molecule has 1 atom stereocenters. The van der Waals surface area contributed by atoms with Crippen molar-refractivity contribution in [3.8, 4) is 0 Å². The average molecular weight is 228 g/mol. The van der Waals surface area contributed by atoms with Gasteiger partial charge in [0.25, 0.3) is 0 Å². The molecule has 0 aliphatic carbocycles. The van der Waals surface area contributed by atoms with Crippen LogP contribution in [0.4, 0.5) is 0 Å². The summed E-state index contributed by atoms with van der Waals surface area (Å²) in [5.41, 5.74) is 5.48. The zero-order valence-electron chi connectivity index (χ0n) is 11.2. The predicted molar refractivity (Wildman–Crippen MR) is 69.3 cm³/mol. The van der Waals surface area contributed by atoms with Gasteiger partial charge in [0.15, 0.2) is 0 Å². The first-order valence-corrected chi connectivity index (χ1v) is 6.59. The van der Waals surface area contributed by atoms with E-state index in [2.05, 4.69) is 13.8 Å². The van der Waals surface area contributed by atoms with Gasteiger partial charge in [-0.3, -0.25) is 4.79 Å². The van der Waals surface area contributed by atoms with Crippen LogP contribution in [0.3, 0.4) is 0 Å². The molecule has 0 fully saturated rings. The van der Waals surface area contributed by atoms with Crippen LogP contribution in [-0.2, 0) is 4.79 Å². The fraction of sp³-hybridized carbons (Fsp3) is 0.923. The predicted octanol–water partition coefficient (Wildman–Crippen LogP) is 2.54. The minimum atomic E-state index is 0.262. The summed E-state index contributed by atoms with van der Waals surface area (Å²) in [5, 5.41) is 0. The van der Waals surface area contributed by atoms with Crippen LogP contribution < -0.4 is 5.73 Å². The molecule has 3 heteroatoms. The van der Waals surface area contributed by atoms with Crippen molar-refractivity contribution in [2.75, 3.05) is 13.6 Å². The van der Waals surface area contributed by atoms with Gasteiger partial charge in [-0.25, -0.2) is 0 Å². The average Bonchev–Trinajstić information content (AvgIpc) is 2.27. The van der Waals surface area contributed by atoms with Crippen molar-refractivity contribution in [2.45, 2.75) is 64.8 Å². The van der Waals surface area contributed by atoms with Gasteiger partial charge in [-0.05, 0) is 26.3 Å². The van der Waals surface area contributed by atoms with Gasteiger partial charge in [-0.15, -0.1) is 0 Å². The highest BCUT2D eigenvalue weighted by Crippen LogP contribution is 2.08. The Bertz CT molecular complexity index is 183. The summed E-state index contributed by atoms with van der Waals surface area (Å²) in [7, 11) is 1.88. The fourth-order valence-corrected chi connectivity index (χ4v) is 1.74. The van der Waals surface area contributed by atoms with Gasteiger partial charge >= 0.3 is 0 Å². The molecule has 3 nitrogen and oxygen atoms in total. The van der Waals surface area contributed by atoms with Crippen LogP contribution in [0, 0.1) is 0 Å². The van der Waals surface area contributed by atoms with Crippen LogP contribution in [0.5, 0.6) is 0 Å². The Balaban J connectivity index is 3.62. The van der Waals surface area contributed by atoms with E-state index in [0.717, 1.165) is 12.8 Å². The molecule has 0 rings (SSSR count). The van der Waals surface area contributed by atoms with Crippen LogP contribution in [0.15, 0.2) is 0 Å². The number of hydrogen-bond acceptors (Lipinski definition) is 2. The van der Waals surface area contributed by atoms with Crippen LogP contribution in [-0.4, -0.2) is 30.4 Å². The topological polar surface area (TPSA) is 46.3 Å². The molecule has 2 N–H and O–H groups in total. The number of carbonyl (C=O) groups excluding carboxylic acids is 1. The largest absolute Gasteiger partial charge is 0.343 e. The van der Waals surface area contributed by atoms with Crippen molar-refractivity contribution in [2.24, 2.45) is 5.73 Å². The molecule has 0 saturated carbocycles. The van der Waals surface area contributed by atoms with Gasteiger partial charge in [0.05, 0.1) is 0 Å². The van der Waals surface area contributed by atoms with Crippen molar-refractivity contribution in [1.82, 2.24) is 4.90 Å². The molecule has 0 bridgehead atoms. The maximum absolute atomic E-state index is 11.8. The van der Waals surface area contributed by atoms with Gasteiger partial charge in [0.2, 0.25) is 5.91 Å². The Labute approximate surface area is 100 Å². The smallest absolute Gasteiger partial charge is 0.222 e. The maximum atomic E-state index is 11.8. The standard InChI is InChI=1S/C13H28N2O/c1-4-5-6-7-8-9-13(16)15(3)12(2)10-11-14/h12H,4-11,14H2,1-3H3. The number of hydrogen-bond donors (Lipinski definition) is 1. The van der Waals surface area contributed by atoms with E-state index in [1.54, 1.807) is 0 Å². The summed E-state index contributed by atoms with van der Waals surface area (Å²) in [6, 6.07) is 0.271. The van der Waals surface area contributed by atoms with Gasteiger partial charge in [0, 0.05) is 19.5 Å². The van der Waals surface area contributed by atoms with Crippen molar-refractivity contribution < 1.29 is 4.79 Å². The normalized spacial score (nSPS) is 12.5. The van der Waals surface area contributed by atoms with Crippen molar-refractivity contribution >= 4 is 5.91 Å². The number of nitrogens with two attached hydrogens (primary N) is 1. The third-order valence-electron chi connectivity index (χ3n) is 3.13. The number of carbonyl (C=O) groups is 1. The van der Waals surface area contributed by atoms with Gasteiger partial charge in [-0.1, -0.05) is 32.6 Å². The molecular formula is C13H28N2O. The van der Waals surface area contributed by atoms with E-state index in [0.29, 0.717) is 13.0 Å². The van der Waals surface area contributed by atoms with Gasteiger partial charge in [0.1, 0.15) is 0 Å². The van der Waals surface area contributed by atoms with Crippen molar-refractivity contribution in [3.63, 3.8) is 0 Å². The summed E-state index contributed by atoms with van der Waals surface area (Å²) in [6.07, 6.45) is 7.57. The quantitative estimate of drug-likeness (QED) is 0.616. The van der Waals surface area contributed by atoms with E-state index in [1.807, 2.05) is 11.9 Å². The molecule has 0 spiro atoms. The molecule has 0 saturated heterocycles. The number of rotatable bonds is 9. The highest BCUT2D eigenvalue weighted by atomic mass is 16.2. The van der Waals surface area contributed by atoms with E-state index >= 15 is 0 Å². The first kappa shape index (κ1) is 15.4. The molecule has 0 aliphatic heterocycles. The van der Waals surface area contributed by atoms with E-state index in [9.17, 15) is 4.79 Å². The van der Waals surface area contributed by atoms with Gasteiger partial charge < -0.3 is 10.6 Å². The molecule has 0 aliphatic rings. The lowest BCUT2D eigenvalue weighted by Crippen LogP contribution is -2.36. The molecule has 0 heterocycles. The molecule has 0 aromatic heterocycles. The van der Waals surface area contributed by atoms with Crippen molar-refractivity contribution in [3.05, 3.63) is 0 Å². The Kier molecular flexibility index (Phi) is 9.30. The second kappa shape index (κ2) is 9.64. The molecule has 96 valence electrons. The molecule has 1 unspecified atom stereocenters.